The zero-order valence-corrected chi connectivity index (χ0v) is 14.6. The van der Waals surface area contributed by atoms with E-state index in [1.165, 1.54) is 17.9 Å². The Labute approximate surface area is 150 Å². The Hall–Kier alpha value is -2.83. The van der Waals surface area contributed by atoms with Crippen LogP contribution >= 0.6 is 0 Å². The van der Waals surface area contributed by atoms with Crippen LogP contribution in [0.3, 0.4) is 0 Å². The maximum Gasteiger partial charge on any atom is 0.311 e. The van der Waals surface area contributed by atoms with Crippen molar-refractivity contribution in [1.29, 1.82) is 0 Å². The minimum absolute atomic E-state index is 0.00699. The van der Waals surface area contributed by atoms with Crippen LogP contribution in [0.4, 0.5) is 0 Å². The fraction of sp³-hybridized carbons (Fsp3) is 0.421. The number of carbonyl (C=O) groups excluding carboxylic acids is 2. The molecular weight excluding hydrogens is 334 g/mol. The van der Waals surface area contributed by atoms with Crippen molar-refractivity contribution >= 4 is 11.9 Å². The van der Waals surface area contributed by atoms with Gasteiger partial charge >= 0.3 is 5.97 Å². The van der Waals surface area contributed by atoms with Gasteiger partial charge in [-0.15, -0.1) is 0 Å². The van der Waals surface area contributed by atoms with Crippen LogP contribution in [0.1, 0.15) is 41.7 Å². The molecule has 136 valence electrons. The van der Waals surface area contributed by atoms with Crippen molar-refractivity contribution in [2.75, 3.05) is 7.11 Å². The molecule has 0 unspecified atom stereocenters. The number of amides is 1. The number of rotatable bonds is 4. The molecule has 7 heteroatoms. The van der Waals surface area contributed by atoms with E-state index in [1.54, 1.807) is 24.3 Å². The van der Waals surface area contributed by atoms with Crippen LogP contribution in [0.25, 0.3) is 5.69 Å². The first kappa shape index (κ1) is 16.6. The summed E-state index contributed by atoms with van der Waals surface area (Å²) in [6.45, 7) is 0. The van der Waals surface area contributed by atoms with Gasteiger partial charge in [-0.25, -0.2) is 4.68 Å². The normalized spacial score (nSPS) is 21.2. The first-order chi connectivity index (χ1) is 12.6. The second kappa shape index (κ2) is 6.48. The Balaban J connectivity index is 1.54. The first-order valence-electron chi connectivity index (χ1n) is 8.87. The highest BCUT2D eigenvalue weighted by Crippen LogP contribution is 2.38. The summed E-state index contributed by atoms with van der Waals surface area (Å²) in [7, 11) is 1.31. The molecule has 7 nitrogen and oxygen atoms in total. The third-order valence-corrected chi connectivity index (χ3v) is 5.40. The van der Waals surface area contributed by atoms with E-state index in [0.29, 0.717) is 29.0 Å². The zero-order valence-electron chi connectivity index (χ0n) is 14.6. The number of benzene rings is 1. The van der Waals surface area contributed by atoms with Gasteiger partial charge in [0.05, 0.1) is 19.2 Å². The Morgan fingerprint density at radius 1 is 1.12 bits per heavy atom. The van der Waals surface area contributed by atoms with Gasteiger partial charge in [-0.2, -0.15) is 0 Å². The van der Waals surface area contributed by atoms with Gasteiger partial charge in [0.2, 0.25) is 0 Å². The summed E-state index contributed by atoms with van der Waals surface area (Å²) in [5.74, 6) is -0.341. The maximum absolute atomic E-state index is 12.8. The first-order valence-corrected chi connectivity index (χ1v) is 8.87. The van der Waals surface area contributed by atoms with Gasteiger partial charge in [-0.1, -0.05) is 0 Å². The predicted octanol–water partition coefficient (Wildman–Crippen LogP) is 1.65. The molecule has 4 rings (SSSR count). The molecule has 0 spiro atoms. The number of nitrogens with zero attached hydrogens (tertiary/aromatic N) is 2. The monoisotopic (exact) mass is 355 g/mol. The van der Waals surface area contributed by atoms with Gasteiger partial charge in [0.1, 0.15) is 0 Å². The number of methoxy groups -OCH3 is 1. The van der Waals surface area contributed by atoms with E-state index < -0.39 is 5.97 Å². The van der Waals surface area contributed by atoms with E-state index in [-0.39, 0.29) is 17.9 Å². The average Bonchev–Trinajstić information content (AvgIpc) is 3.35. The van der Waals surface area contributed by atoms with E-state index in [0.717, 1.165) is 25.7 Å². The highest BCUT2D eigenvalue weighted by Gasteiger charge is 2.42. The number of H-pyrrole nitrogens is 1. The SMILES string of the molecule is COC(=O)Cc1cc(=O)n(-c2ccc(C(=O)N3C4CCC3CC4)cc2)[nH]1. The molecule has 2 fully saturated rings. The third-order valence-electron chi connectivity index (χ3n) is 5.40. The van der Waals surface area contributed by atoms with Gasteiger partial charge < -0.3 is 9.64 Å². The number of esters is 1. The molecule has 2 aromatic rings. The number of hydrogen-bond acceptors (Lipinski definition) is 4. The fourth-order valence-corrected chi connectivity index (χ4v) is 4.10. The maximum atomic E-state index is 12.8. The molecule has 2 aliphatic heterocycles. The van der Waals surface area contributed by atoms with Crippen LogP contribution in [0.15, 0.2) is 35.1 Å². The topological polar surface area (TPSA) is 84.4 Å². The van der Waals surface area contributed by atoms with E-state index in [2.05, 4.69) is 9.84 Å². The number of nitrogens with one attached hydrogen (secondary N) is 1. The van der Waals surface area contributed by atoms with Crippen LogP contribution in [0.5, 0.6) is 0 Å². The lowest BCUT2D eigenvalue weighted by atomic mass is 10.0. The molecular formula is C19H21N3O4. The van der Waals surface area contributed by atoms with E-state index in [4.69, 9.17) is 0 Å². The van der Waals surface area contributed by atoms with E-state index in [9.17, 15) is 14.4 Å². The molecule has 0 atom stereocenters. The van der Waals surface area contributed by atoms with Gasteiger partial charge in [0, 0.05) is 29.4 Å². The average molecular weight is 355 g/mol. The summed E-state index contributed by atoms with van der Waals surface area (Å²) in [6.07, 6.45) is 4.43. The van der Waals surface area contributed by atoms with Crippen molar-refractivity contribution in [3.8, 4) is 5.69 Å². The quantitative estimate of drug-likeness (QED) is 0.845. The molecule has 0 saturated carbocycles. The smallest absolute Gasteiger partial charge is 0.311 e. The van der Waals surface area contributed by atoms with Gasteiger partial charge in [-0.3, -0.25) is 19.5 Å². The minimum atomic E-state index is -0.417. The van der Waals surface area contributed by atoms with Gasteiger partial charge in [0.15, 0.2) is 0 Å². The van der Waals surface area contributed by atoms with Crippen LogP contribution < -0.4 is 5.56 Å². The molecule has 1 N–H and O–H groups in total. The molecule has 3 heterocycles. The summed E-state index contributed by atoms with van der Waals surface area (Å²) in [5.41, 5.74) is 1.48. The molecule has 1 amide bonds. The summed E-state index contributed by atoms with van der Waals surface area (Å²) >= 11 is 0. The van der Waals surface area contributed by atoms with Crippen molar-refractivity contribution in [3.63, 3.8) is 0 Å². The summed E-state index contributed by atoms with van der Waals surface area (Å²) in [5, 5.41) is 2.90. The van der Waals surface area contributed by atoms with Crippen molar-refractivity contribution in [2.24, 2.45) is 0 Å². The summed E-state index contributed by atoms with van der Waals surface area (Å²) in [6, 6.07) is 9.14. The highest BCUT2D eigenvalue weighted by molar-refractivity contribution is 5.95. The fourth-order valence-electron chi connectivity index (χ4n) is 4.10. The van der Waals surface area contributed by atoms with Crippen molar-refractivity contribution in [3.05, 3.63) is 51.9 Å². The molecule has 2 saturated heterocycles. The zero-order chi connectivity index (χ0) is 18.3. The number of ether oxygens (including phenoxy) is 1. The molecule has 1 aromatic heterocycles. The minimum Gasteiger partial charge on any atom is -0.469 e. The van der Waals surface area contributed by atoms with E-state index >= 15 is 0 Å². The Morgan fingerprint density at radius 3 is 2.31 bits per heavy atom. The summed E-state index contributed by atoms with van der Waals surface area (Å²) in [4.78, 5) is 38.3. The van der Waals surface area contributed by atoms with Crippen LogP contribution in [0.2, 0.25) is 0 Å². The second-order valence-electron chi connectivity index (χ2n) is 6.93. The largest absolute Gasteiger partial charge is 0.469 e. The highest BCUT2D eigenvalue weighted by atomic mass is 16.5. The number of fused-ring (bicyclic) bond motifs is 2. The Bertz CT molecular complexity index is 876. The molecule has 2 bridgehead atoms. The number of hydrogen-bond donors (Lipinski definition) is 1. The molecule has 0 aliphatic carbocycles. The lowest BCUT2D eigenvalue weighted by molar-refractivity contribution is -0.139. The lowest BCUT2D eigenvalue weighted by Gasteiger charge is -2.22. The van der Waals surface area contributed by atoms with Gasteiger partial charge in [0.25, 0.3) is 11.5 Å². The predicted molar refractivity (Wildman–Crippen MR) is 94.3 cm³/mol. The Morgan fingerprint density at radius 2 is 1.73 bits per heavy atom. The van der Waals surface area contributed by atoms with Crippen LogP contribution in [0, 0.1) is 0 Å². The van der Waals surface area contributed by atoms with Crippen LogP contribution in [-0.4, -0.2) is 45.8 Å². The number of carbonyl (C=O) groups is 2. The van der Waals surface area contributed by atoms with Gasteiger partial charge in [-0.05, 0) is 49.9 Å². The van der Waals surface area contributed by atoms with E-state index in [1.807, 2.05) is 4.90 Å². The number of aromatic amines is 1. The molecule has 1 aromatic carbocycles. The van der Waals surface area contributed by atoms with Crippen LogP contribution in [-0.2, 0) is 16.0 Å². The third kappa shape index (κ3) is 2.83. The molecule has 2 aliphatic rings. The number of aromatic nitrogens is 2. The second-order valence-corrected chi connectivity index (χ2v) is 6.93. The molecule has 0 radical (unpaired) electrons. The standard InChI is InChI=1S/C19H21N3O4/c1-26-18(24)11-13-10-17(23)22(20-13)16-4-2-12(3-5-16)19(25)21-14-6-7-15(21)9-8-14/h2-5,10,14-15,20H,6-9,11H2,1H3. The lowest BCUT2D eigenvalue weighted by Crippen LogP contribution is -2.35. The summed E-state index contributed by atoms with van der Waals surface area (Å²) < 4.78 is 5.96. The van der Waals surface area contributed by atoms with Crippen molar-refractivity contribution in [1.82, 2.24) is 14.7 Å². The van der Waals surface area contributed by atoms with Crippen molar-refractivity contribution in [2.45, 2.75) is 44.2 Å². The Kier molecular flexibility index (Phi) is 4.14. The van der Waals surface area contributed by atoms with Crippen molar-refractivity contribution < 1.29 is 14.3 Å². The molecule has 26 heavy (non-hydrogen) atoms.